The number of nitrogens with zero attached hydrogens (tertiary/aromatic N) is 3. The highest BCUT2D eigenvalue weighted by Gasteiger charge is 2.15. The van der Waals surface area contributed by atoms with Gasteiger partial charge in [0, 0.05) is 57.3 Å². The van der Waals surface area contributed by atoms with Crippen molar-refractivity contribution in [3.8, 4) is 0 Å². The van der Waals surface area contributed by atoms with Crippen LogP contribution in [0.25, 0.3) is 0 Å². The minimum atomic E-state index is 0.828. The van der Waals surface area contributed by atoms with Gasteiger partial charge in [-0.1, -0.05) is 32.0 Å². The van der Waals surface area contributed by atoms with Gasteiger partial charge in [-0.15, -0.1) is 0 Å². The maximum atomic E-state index is 5.76. The Bertz CT molecular complexity index is 687. The molecule has 6 heteroatoms. The number of rotatable bonds is 4. The Hall–Kier alpha value is -2.70. The SMILES string of the molecule is CC.CN(C)/C=C\[NH+](C)N.Nc1ccc(N2CCCN(c3ccccc3)CC2)cc1. The van der Waals surface area contributed by atoms with Crippen LogP contribution in [-0.4, -0.2) is 52.2 Å². The molecule has 1 fully saturated rings. The highest BCUT2D eigenvalue weighted by molar-refractivity contribution is 5.54. The molecule has 0 aliphatic carbocycles. The van der Waals surface area contributed by atoms with Crippen molar-refractivity contribution in [1.29, 1.82) is 0 Å². The molecule has 1 heterocycles. The Kier molecular flexibility index (Phi) is 12.1. The maximum Gasteiger partial charge on any atom is 0.129 e. The van der Waals surface area contributed by atoms with Crippen molar-refractivity contribution in [1.82, 2.24) is 4.90 Å². The lowest BCUT2D eigenvalue weighted by Gasteiger charge is -2.24. The van der Waals surface area contributed by atoms with E-state index >= 15 is 0 Å². The average Bonchev–Trinajstić information content (AvgIpc) is 3.02. The van der Waals surface area contributed by atoms with Gasteiger partial charge in [0.15, 0.2) is 0 Å². The van der Waals surface area contributed by atoms with Gasteiger partial charge in [-0.3, -0.25) is 0 Å². The largest absolute Gasteiger partial charge is 0.399 e. The predicted octanol–water partition coefficient (Wildman–Crippen LogP) is 2.42. The highest BCUT2D eigenvalue weighted by Crippen LogP contribution is 2.20. The number of anilines is 3. The van der Waals surface area contributed by atoms with Crippen LogP contribution in [0.15, 0.2) is 67.0 Å². The lowest BCUT2D eigenvalue weighted by Crippen LogP contribution is -3.10. The molecule has 0 spiro atoms. The fourth-order valence-corrected chi connectivity index (χ4v) is 3.02. The van der Waals surface area contributed by atoms with E-state index in [-0.39, 0.29) is 0 Å². The van der Waals surface area contributed by atoms with E-state index in [1.54, 1.807) is 0 Å². The van der Waals surface area contributed by atoms with Gasteiger partial charge >= 0.3 is 0 Å². The number of nitrogen functional groups attached to an aromatic ring is 1. The first-order valence-electron chi connectivity index (χ1n) is 10.8. The summed E-state index contributed by atoms with van der Waals surface area (Å²) in [4.78, 5) is 6.86. The smallest absolute Gasteiger partial charge is 0.129 e. The molecule has 0 aromatic heterocycles. The lowest BCUT2D eigenvalue weighted by molar-refractivity contribution is -0.838. The summed E-state index contributed by atoms with van der Waals surface area (Å²) in [5, 5.41) is 0.832. The molecular weight excluding hydrogens is 372 g/mol. The monoisotopic (exact) mass is 413 g/mol. The van der Waals surface area contributed by atoms with Crippen molar-refractivity contribution >= 4 is 17.1 Å². The van der Waals surface area contributed by atoms with E-state index in [0.717, 1.165) is 36.9 Å². The molecule has 2 aromatic carbocycles. The molecule has 6 nitrogen and oxygen atoms in total. The number of hydrogen-bond acceptors (Lipinski definition) is 5. The van der Waals surface area contributed by atoms with Crippen molar-refractivity contribution in [2.24, 2.45) is 5.84 Å². The van der Waals surface area contributed by atoms with E-state index in [1.807, 2.05) is 64.4 Å². The van der Waals surface area contributed by atoms with Gasteiger partial charge in [0.25, 0.3) is 0 Å². The zero-order valence-corrected chi connectivity index (χ0v) is 19.4. The van der Waals surface area contributed by atoms with E-state index in [4.69, 9.17) is 11.6 Å². The zero-order chi connectivity index (χ0) is 22.4. The highest BCUT2D eigenvalue weighted by atomic mass is 15.4. The first kappa shape index (κ1) is 25.3. The summed E-state index contributed by atoms with van der Waals surface area (Å²) in [7, 11) is 5.78. The molecule has 1 atom stereocenters. The topological polar surface area (TPSA) is 66.2 Å². The summed E-state index contributed by atoms with van der Waals surface area (Å²) >= 11 is 0. The summed E-state index contributed by atoms with van der Waals surface area (Å²) in [5.74, 6) is 5.34. The molecule has 2 aromatic rings. The molecule has 1 aliphatic heterocycles. The molecule has 1 unspecified atom stereocenters. The van der Waals surface area contributed by atoms with Crippen LogP contribution < -0.4 is 26.4 Å². The van der Waals surface area contributed by atoms with Crippen molar-refractivity contribution in [3.63, 3.8) is 0 Å². The van der Waals surface area contributed by atoms with Gasteiger partial charge in [0.2, 0.25) is 0 Å². The van der Waals surface area contributed by atoms with Crippen molar-refractivity contribution in [2.75, 3.05) is 62.9 Å². The quantitative estimate of drug-likeness (QED) is 0.408. The molecule has 1 saturated heterocycles. The van der Waals surface area contributed by atoms with E-state index in [0.29, 0.717) is 0 Å². The standard InChI is InChI=1S/C17H21N3.C5H13N3.C2H6/c18-15-7-9-17(10-8-15)20-12-4-11-19(13-14-20)16-5-2-1-3-6-16;1-7(2)4-5-8(3)6;1-2/h1-3,5-10H,4,11-14,18H2;4-5H,6H2,1-3H3;1-2H3/p+1/b;5-4-;. The van der Waals surface area contributed by atoms with Crippen LogP contribution >= 0.6 is 0 Å². The number of para-hydroxylation sites is 1. The van der Waals surface area contributed by atoms with Crippen LogP contribution in [0.5, 0.6) is 0 Å². The number of hydrogen-bond donors (Lipinski definition) is 3. The van der Waals surface area contributed by atoms with Crippen LogP contribution in [0.4, 0.5) is 17.1 Å². The van der Waals surface area contributed by atoms with Gasteiger partial charge in [-0.2, -0.15) is 5.84 Å². The number of nitrogens with one attached hydrogen (secondary N) is 1. The molecule has 0 radical (unpaired) electrons. The van der Waals surface area contributed by atoms with Crippen LogP contribution in [0.3, 0.4) is 0 Å². The van der Waals surface area contributed by atoms with Crippen LogP contribution in [-0.2, 0) is 0 Å². The Labute approximate surface area is 183 Å². The van der Waals surface area contributed by atoms with Crippen LogP contribution in [0.2, 0.25) is 0 Å². The van der Waals surface area contributed by atoms with E-state index in [2.05, 4.69) is 52.3 Å². The molecule has 5 N–H and O–H groups in total. The fourth-order valence-electron chi connectivity index (χ4n) is 3.02. The summed E-state index contributed by atoms with van der Waals surface area (Å²) in [6.07, 6.45) is 4.95. The first-order chi connectivity index (χ1) is 14.5. The number of nitrogens with two attached hydrogens (primary N) is 2. The molecular formula is C24H41N6+. The minimum Gasteiger partial charge on any atom is -0.399 e. The van der Waals surface area contributed by atoms with Crippen LogP contribution in [0.1, 0.15) is 20.3 Å². The van der Waals surface area contributed by atoms with Crippen LogP contribution in [0, 0.1) is 0 Å². The Morgan fingerprint density at radius 3 is 1.77 bits per heavy atom. The molecule has 30 heavy (non-hydrogen) atoms. The molecule has 0 amide bonds. The van der Waals surface area contributed by atoms with Gasteiger partial charge in [-0.05, 0) is 42.8 Å². The molecule has 0 saturated carbocycles. The lowest BCUT2D eigenvalue weighted by atomic mass is 10.2. The minimum absolute atomic E-state index is 0.828. The predicted molar refractivity (Wildman–Crippen MR) is 132 cm³/mol. The number of quaternary nitrogens is 1. The second kappa shape index (κ2) is 14.3. The molecule has 0 bridgehead atoms. The molecule has 1 aliphatic rings. The Morgan fingerprint density at radius 1 is 0.833 bits per heavy atom. The summed E-state index contributed by atoms with van der Waals surface area (Å²) in [6, 6.07) is 18.9. The Morgan fingerprint density at radius 2 is 1.33 bits per heavy atom. The van der Waals surface area contributed by atoms with Gasteiger partial charge in [0.1, 0.15) is 6.20 Å². The number of benzene rings is 2. The second-order valence-electron chi connectivity index (χ2n) is 7.28. The molecule has 3 rings (SSSR count). The van der Waals surface area contributed by atoms with Crippen molar-refractivity contribution in [2.45, 2.75) is 20.3 Å². The Balaban J connectivity index is 0.000000383. The second-order valence-corrected chi connectivity index (χ2v) is 7.28. The van der Waals surface area contributed by atoms with E-state index in [1.165, 1.54) is 17.8 Å². The third kappa shape index (κ3) is 9.67. The summed E-state index contributed by atoms with van der Waals surface area (Å²) < 4.78 is 0. The third-order valence-corrected chi connectivity index (χ3v) is 4.51. The zero-order valence-electron chi connectivity index (χ0n) is 19.4. The summed E-state index contributed by atoms with van der Waals surface area (Å²) in [6.45, 7) is 8.34. The maximum absolute atomic E-state index is 5.76. The molecule has 166 valence electrons. The third-order valence-electron chi connectivity index (χ3n) is 4.51. The first-order valence-corrected chi connectivity index (χ1v) is 10.8. The summed E-state index contributed by atoms with van der Waals surface area (Å²) in [5.41, 5.74) is 9.18. The van der Waals surface area contributed by atoms with Crippen molar-refractivity contribution < 1.29 is 5.01 Å². The van der Waals surface area contributed by atoms with E-state index in [9.17, 15) is 0 Å². The normalized spacial score (nSPS) is 14.7. The average molecular weight is 414 g/mol. The van der Waals surface area contributed by atoms with E-state index < -0.39 is 0 Å². The fraction of sp³-hybridized carbons (Fsp3) is 0.417. The van der Waals surface area contributed by atoms with Gasteiger partial charge in [0.05, 0.1) is 13.2 Å². The van der Waals surface area contributed by atoms with Gasteiger partial charge in [-0.25, -0.2) is 5.01 Å². The van der Waals surface area contributed by atoms with Crippen molar-refractivity contribution in [3.05, 3.63) is 67.0 Å². The van der Waals surface area contributed by atoms with Gasteiger partial charge < -0.3 is 20.4 Å².